The van der Waals surface area contributed by atoms with Crippen LogP contribution in [0.25, 0.3) is 0 Å². The van der Waals surface area contributed by atoms with E-state index in [1.54, 1.807) is 19.1 Å². The molecule has 1 fully saturated rings. The molecule has 1 atom stereocenters. The number of hydrogen-bond acceptors (Lipinski definition) is 4. The van der Waals surface area contributed by atoms with E-state index in [9.17, 15) is 14.7 Å². The lowest BCUT2D eigenvalue weighted by atomic mass is 9.88. The number of carboxylic acids is 1. The zero-order valence-corrected chi connectivity index (χ0v) is 10.9. The van der Waals surface area contributed by atoms with Crippen LogP contribution in [-0.4, -0.2) is 34.0 Å². The molecule has 6 heteroatoms. The maximum atomic E-state index is 12.4. The highest BCUT2D eigenvalue weighted by Gasteiger charge is 2.44. The lowest BCUT2D eigenvalue weighted by Crippen LogP contribution is -2.57. The molecule has 1 saturated heterocycles. The molecular weight excluding hydrogens is 248 g/mol. The largest absolute Gasteiger partial charge is 0.480 e. The first kappa shape index (κ1) is 13.6. The molecule has 1 amide bonds. The normalized spacial score (nSPS) is 23.4. The number of nitrogens with zero attached hydrogens (tertiary/aromatic N) is 1. The van der Waals surface area contributed by atoms with Crippen molar-refractivity contribution < 1.29 is 19.1 Å². The highest BCUT2D eigenvalue weighted by molar-refractivity contribution is 5.95. The molecule has 0 radical (unpaired) electrons. The summed E-state index contributed by atoms with van der Waals surface area (Å²) < 4.78 is 5.31. The summed E-state index contributed by atoms with van der Waals surface area (Å²) in [6.45, 7) is 2.23. The molecule has 0 spiro atoms. The van der Waals surface area contributed by atoms with Crippen molar-refractivity contribution in [2.45, 2.75) is 38.3 Å². The first-order valence-electron chi connectivity index (χ1n) is 6.33. The van der Waals surface area contributed by atoms with Crippen LogP contribution in [0.2, 0.25) is 0 Å². The number of nitrogens with two attached hydrogens (primary N) is 1. The van der Waals surface area contributed by atoms with Gasteiger partial charge in [-0.3, -0.25) is 4.79 Å². The van der Waals surface area contributed by atoms with E-state index >= 15 is 0 Å². The molecule has 6 nitrogen and oxygen atoms in total. The summed E-state index contributed by atoms with van der Waals surface area (Å²) in [5.41, 5.74) is 4.27. The van der Waals surface area contributed by atoms with Crippen molar-refractivity contribution in [3.05, 3.63) is 23.7 Å². The van der Waals surface area contributed by atoms with Crippen molar-refractivity contribution in [2.75, 3.05) is 6.54 Å². The SMILES string of the molecule is CC1(C(=O)O)CCCCN1C(=O)c1ccc(CN)o1. The number of hydrogen-bond donors (Lipinski definition) is 2. The summed E-state index contributed by atoms with van der Waals surface area (Å²) in [7, 11) is 0. The first-order valence-corrected chi connectivity index (χ1v) is 6.33. The number of carbonyl (C=O) groups is 2. The summed E-state index contributed by atoms with van der Waals surface area (Å²) in [4.78, 5) is 25.2. The molecule has 104 valence electrons. The summed E-state index contributed by atoms with van der Waals surface area (Å²) in [5, 5.41) is 9.37. The molecule has 0 aliphatic carbocycles. The van der Waals surface area contributed by atoms with Gasteiger partial charge >= 0.3 is 5.97 Å². The Morgan fingerprint density at radius 3 is 2.79 bits per heavy atom. The van der Waals surface area contributed by atoms with E-state index in [0.717, 1.165) is 12.8 Å². The van der Waals surface area contributed by atoms with E-state index in [4.69, 9.17) is 10.2 Å². The van der Waals surface area contributed by atoms with Crippen molar-refractivity contribution in [1.82, 2.24) is 4.90 Å². The zero-order chi connectivity index (χ0) is 14.0. The van der Waals surface area contributed by atoms with Gasteiger partial charge < -0.3 is 20.2 Å². The fraction of sp³-hybridized carbons (Fsp3) is 0.538. The first-order chi connectivity index (χ1) is 8.99. The van der Waals surface area contributed by atoms with Crippen LogP contribution in [0.5, 0.6) is 0 Å². The van der Waals surface area contributed by atoms with Crippen LogP contribution in [0.1, 0.15) is 42.5 Å². The van der Waals surface area contributed by atoms with Gasteiger partial charge in [0.25, 0.3) is 5.91 Å². The number of amides is 1. The van der Waals surface area contributed by atoms with Gasteiger partial charge in [-0.2, -0.15) is 0 Å². The topological polar surface area (TPSA) is 96.8 Å². The number of piperidine rings is 1. The van der Waals surface area contributed by atoms with Crippen LogP contribution in [0.4, 0.5) is 0 Å². The molecule has 1 aromatic heterocycles. The van der Waals surface area contributed by atoms with Gasteiger partial charge in [-0.25, -0.2) is 4.79 Å². The second kappa shape index (κ2) is 5.05. The molecule has 1 unspecified atom stereocenters. The van der Waals surface area contributed by atoms with Crippen LogP contribution in [0, 0.1) is 0 Å². The fourth-order valence-corrected chi connectivity index (χ4v) is 2.40. The standard InChI is InChI=1S/C13H18N2O4/c1-13(12(17)18)6-2-3-7-15(13)11(16)10-5-4-9(8-14)19-10/h4-5H,2-3,6-8,14H2,1H3,(H,17,18). The van der Waals surface area contributed by atoms with E-state index in [-0.39, 0.29) is 18.2 Å². The summed E-state index contributed by atoms with van der Waals surface area (Å²) >= 11 is 0. The van der Waals surface area contributed by atoms with Crippen molar-refractivity contribution in [1.29, 1.82) is 0 Å². The van der Waals surface area contributed by atoms with Gasteiger partial charge in [0.2, 0.25) is 0 Å². The van der Waals surface area contributed by atoms with Crippen LogP contribution < -0.4 is 5.73 Å². The molecule has 2 heterocycles. The summed E-state index contributed by atoms with van der Waals surface area (Å²) in [6, 6.07) is 3.18. The molecule has 0 bridgehead atoms. The third-order valence-corrected chi connectivity index (χ3v) is 3.67. The summed E-state index contributed by atoms with van der Waals surface area (Å²) in [5.74, 6) is -0.706. The van der Waals surface area contributed by atoms with Crippen molar-refractivity contribution in [3.63, 3.8) is 0 Å². The van der Waals surface area contributed by atoms with Gasteiger partial charge in [0.1, 0.15) is 11.3 Å². The van der Waals surface area contributed by atoms with Crippen molar-refractivity contribution in [3.8, 4) is 0 Å². The summed E-state index contributed by atoms with van der Waals surface area (Å²) in [6.07, 6.45) is 2.07. The number of furan rings is 1. The Labute approximate surface area is 111 Å². The van der Waals surface area contributed by atoms with Crippen LogP contribution in [-0.2, 0) is 11.3 Å². The predicted octanol–water partition coefficient (Wildman–Crippen LogP) is 1.21. The van der Waals surface area contributed by atoms with Gasteiger partial charge in [-0.15, -0.1) is 0 Å². The molecular formula is C13H18N2O4. The van der Waals surface area contributed by atoms with Gasteiger partial charge in [0, 0.05) is 6.54 Å². The number of carbonyl (C=O) groups excluding carboxylic acids is 1. The second-order valence-corrected chi connectivity index (χ2v) is 4.96. The second-order valence-electron chi connectivity index (χ2n) is 4.96. The van der Waals surface area contributed by atoms with E-state index in [1.807, 2.05) is 0 Å². The average Bonchev–Trinajstić information content (AvgIpc) is 2.87. The highest BCUT2D eigenvalue weighted by Crippen LogP contribution is 2.30. The lowest BCUT2D eigenvalue weighted by Gasteiger charge is -2.41. The third kappa shape index (κ3) is 2.35. The van der Waals surface area contributed by atoms with E-state index in [0.29, 0.717) is 18.7 Å². The molecule has 2 rings (SSSR count). The van der Waals surface area contributed by atoms with Gasteiger partial charge in [-0.1, -0.05) is 0 Å². The number of aliphatic carboxylic acids is 1. The molecule has 1 aromatic rings. The molecule has 3 N–H and O–H groups in total. The van der Waals surface area contributed by atoms with Gasteiger partial charge in [-0.05, 0) is 38.3 Å². The van der Waals surface area contributed by atoms with E-state index in [2.05, 4.69) is 0 Å². The Hall–Kier alpha value is -1.82. The van der Waals surface area contributed by atoms with Crippen LogP contribution >= 0.6 is 0 Å². The Bertz CT molecular complexity index is 497. The van der Waals surface area contributed by atoms with E-state index < -0.39 is 11.5 Å². The van der Waals surface area contributed by atoms with E-state index in [1.165, 1.54) is 4.90 Å². The highest BCUT2D eigenvalue weighted by atomic mass is 16.4. The van der Waals surface area contributed by atoms with Crippen molar-refractivity contribution >= 4 is 11.9 Å². The minimum Gasteiger partial charge on any atom is -0.480 e. The monoisotopic (exact) mass is 266 g/mol. The van der Waals surface area contributed by atoms with Crippen molar-refractivity contribution in [2.24, 2.45) is 5.73 Å². The Morgan fingerprint density at radius 2 is 2.21 bits per heavy atom. The Morgan fingerprint density at radius 1 is 1.47 bits per heavy atom. The van der Waals surface area contributed by atoms with Gasteiger partial charge in [0.15, 0.2) is 5.76 Å². The maximum Gasteiger partial charge on any atom is 0.329 e. The quantitative estimate of drug-likeness (QED) is 0.857. The Kier molecular flexibility index (Phi) is 3.61. The molecule has 0 saturated carbocycles. The van der Waals surface area contributed by atoms with Gasteiger partial charge in [0.05, 0.1) is 6.54 Å². The fourth-order valence-electron chi connectivity index (χ4n) is 2.40. The smallest absolute Gasteiger partial charge is 0.329 e. The Balaban J connectivity index is 2.27. The van der Waals surface area contributed by atoms with Crippen LogP contribution in [0.3, 0.4) is 0 Å². The minimum atomic E-state index is -1.16. The third-order valence-electron chi connectivity index (χ3n) is 3.67. The number of likely N-dealkylation sites (tertiary alicyclic amines) is 1. The number of carboxylic acid groups (broad SMARTS) is 1. The molecule has 1 aliphatic heterocycles. The molecule has 0 aromatic carbocycles. The maximum absolute atomic E-state index is 12.4. The minimum absolute atomic E-state index is 0.148. The average molecular weight is 266 g/mol. The predicted molar refractivity (Wildman–Crippen MR) is 67.5 cm³/mol. The molecule has 19 heavy (non-hydrogen) atoms. The number of rotatable bonds is 3. The zero-order valence-electron chi connectivity index (χ0n) is 10.9. The lowest BCUT2D eigenvalue weighted by molar-refractivity contribution is -0.150. The van der Waals surface area contributed by atoms with Crippen LogP contribution in [0.15, 0.2) is 16.5 Å². The molecule has 1 aliphatic rings.